The van der Waals surface area contributed by atoms with E-state index in [4.69, 9.17) is 0 Å². The normalized spacial score (nSPS) is 11.2. The van der Waals surface area contributed by atoms with E-state index in [1.807, 2.05) is 13.8 Å². The summed E-state index contributed by atoms with van der Waals surface area (Å²) >= 11 is 4.37. The lowest BCUT2D eigenvalue weighted by Gasteiger charge is -2.00. The first-order valence-electron chi connectivity index (χ1n) is 5.75. The van der Waals surface area contributed by atoms with Gasteiger partial charge < -0.3 is 0 Å². The third-order valence-electron chi connectivity index (χ3n) is 2.78. The Bertz CT molecular complexity index is 501. The van der Waals surface area contributed by atoms with E-state index in [1.165, 1.54) is 22.3 Å². The molecular weight excluding hydrogens is 212 g/mol. The van der Waals surface area contributed by atoms with E-state index < -0.39 is 0 Å². The molecule has 16 heavy (non-hydrogen) atoms. The lowest BCUT2D eigenvalue weighted by atomic mass is 10.1. The molecular formula is C15H16S. The summed E-state index contributed by atoms with van der Waals surface area (Å²) in [5.41, 5.74) is 5.58. The van der Waals surface area contributed by atoms with Crippen molar-refractivity contribution in [1.29, 1.82) is 0 Å². The first-order chi connectivity index (χ1) is 7.84. The summed E-state index contributed by atoms with van der Waals surface area (Å²) in [6, 6.07) is 15.0. The zero-order valence-corrected chi connectivity index (χ0v) is 10.6. The molecule has 0 amide bonds. The van der Waals surface area contributed by atoms with Crippen LogP contribution in [0, 0.1) is 0 Å². The van der Waals surface area contributed by atoms with Gasteiger partial charge in [0, 0.05) is 4.90 Å². The molecule has 0 saturated carbocycles. The van der Waals surface area contributed by atoms with Crippen LogP contribution < -0.4 is 0 Å². The molecule has 0 atom stereocenters. The highest BCUT2D eigenvalue weighted by atomic mass is 32.1. The molecule has 0 saturated heterocycles. The molecule has 1 heteroatoms. The minimum absolute atomic E-state index is 1.04. The second-order valence-electron chi connectivity index (χ2n) is 3.68. The second kappa shape index (κ2) is 4.75. The monoisotopic (exact) mass is 228 g/mol. The lowest BCUT2D eigenvalue weighted by molar-refractivity contribution is 1.25. The molecule has 0 radical (unpaired) electrons. The largest absolute Gasteiger partial charge is 0.143 e. The van der Waals surface area contributed by atoms with Crippen molar-refractivity contribution in [3.05, 3.63) is 53.6 Å². The maximum atomic E-state index is 4.37. The number of hydrogen-bond acceptors (Lipinski definition) is 1. The molecule has 0 nitrogen and oxygen atoms in total. The predicted octanol–water partition coefficient (Wildman–Crippen LogP) is 4.57. The first-order valence-corrected chi connectivity index (χ1v) is 6.19. The summed E-state index contributed by atoms with van der Waals surface area (Å²) in [5.74, 6) is 0. The Labute approximate surface area is 103 Å². The molecule has 82 valence electrons. The molecule has 0 bridgehead atoms. The third kappa shape index (κ3) is 1.88. The first kappa shape index (κ1) is 11.3. The van der Waals surface area contributed by atoms with Crippen molar-refractivity contribution in [1.82, 2.24) is 0 Å². The van der Waals surface area contributed by atoms with Gasteiger partial charge in [0.1, 0.15) is 0 Å². The van der Waals surface area contributed by atoms with Gasteiger partial charge in [-0.25, -0.2) is 0 Å². The zero-order chi connectivity index (χ0) is 11.5. The van der Waals surface area contributed by atoms with Gasteiger partial charge in [-0.15, -0.1) is 12.6 Å². The lowest BCUT2D eigenvalue weighted by Crippen LogP contribution is -1.78. The Hall–Kier alpha value is -1.21. The number of thiol groups is 1. The summed E-state index contributed by atoms with van der Waals surface area (Å²) in [6.45, 7) is 4.00. The van der Waals surface area contributed by atoms with Crippen molar-refractivity contribution in [2.75, 3.05) is 0 Å². The maximum absolute atomic E-state index is 4.37. The summed E-state index contributed by atoms with van der Waals surface area (Å²) in [5, 5.41) is 0. The van der Waals surface area contributed by atoms with Gasteiger partial charge >= 0.3 is 0 Å². The van der Waals surface area contributed by atoms with Gasteiger partial charge in [-0.1, -0.05) is 44.2 Å². The van der Waals surface area contributed by atoms with Crippen LogP contribution in [0.2, 0.25) is 0 Å². The van der Waals surface area contributed by atoms with Crippen LogP contribution in [-0.4, -0.2) is 0 Å². The van der Waals surface area contributed by atoms with E-state index in [-0.39, 0.29) is 0 Å². The second-order valence-corrected chi connectivity index (χ2v) is 4.19. The van der Waals surface area contributed by atoms with Crippen molar-refractivity contribution < 1.29 is 0 Å². The molecule has 0 aromatic heterocycles. The minimum Gasteiger partial charge on any atom is -0.143 e. The fourth-order valence-corrected chi connectivity index (χ4v) is 2.32. The summed E-state index contributed by atoms with van der Waals surface area (Å²) in [4.78, 5) is 1.04. The Morgan fingerprint density at radius 2 is 1.56 bits per heavy atom. The van der Waals surface area contributed by atoms with Gasteiger partial charge in [0.05, 0.1) is 0 Å². The number of rotatable bonds is 0. The number of hydrogen-bond donors (Lipinski definition) is 1. The van der Waals surface area contributed by atoms with Gasteiger partial charge in [0.15, 0.2) is 0 Å². The topological polar surface area (TPSA) is 0 Å². The Morgan fingerprint density at radius 1 is 0.875 bits per heavy atom. The van der Waals surface area contributed by atoms with Gasteiger partial charge in [0.25, 0.3) is 0 Å². The predicted molar refractivity (Wildman–Crippen MR) is 73.3 cm³/mol. The number of benzene rings is 2. The molecule has 0 N–H and O–H groups in total. The van der Waals surface area contributed by atoms with E-state index in [9.17, 15) is 0 Å². The Kier molecular flexibility index (Phi) is 3.35. The average molecular weight is 228 g/mol. The summed E-state index contributed by atoms with van der Waals surface area (Å²) in [6.07, 6.45) is 1.07. The Morgan fingerprint density at radius 3 is 2.38 bits per heavy atom. The van der Waals surface area contributed by atoms with Gasteiger partial charge in [-0.05, 0) is 40.8 Å². The molecule has 0 aliphatic heterocycles. The van der Waals surface area contributed by atoms with Gasteiger partial charge in [-0.2, -0.15) is 0 Å². The fourth-order valence-electron chi connectivity index (χ4n) is 2.11. The van der Waals surface area contributed by atoms with Gasteiger partial charge in [-0.3, -0.25) is 0 Å². The molecule has 0 spiro atoms. The third-order valence-corrected chi connectivity index (χ3v) is 3.06. The highest BCUT2D eigenvalue weighted by Gasteiger charge is 2.16. The van der Waals surface area contributed by atoms with Crippen LogP contribution in [0.15, 0.2) is 47.4 Å². The van der Waals surface area contributed by atoms with Crippen molar-refractivity contribution in [3.8, 4) is 11.1 Å². The summed E-state index contributed by atoms with van der Waals surface area (Å²) < 4.78 is 0. The maximum Gasteiger partial charge on any atom is 0.00463 e. The molecule has 3 rings (SSSR count). The van der Waals surface area contributed by atoms with Crippen molar-refractivity contribution in [2.24, 2.45) is 0 Å². The van der Waals surface area contributed by atoms with E-state index in [2.05, 4.69) is 55.1 Å². The van der Waals surface area contributed by atoms with Crippen LogP contribution in [0.5, 0.6) is 0 Å². The van der Waals surface area contributed by atoms with E-state index in [0.717, 1.165) is 11.3 Å². The van der Waals surface area contributed by atoms with Crippen molar-refractivity contribution in [3.63, 3.8) is 0 Å². The summed E-state index contributed by atoms with van der Waals surface area (Å²) in [7, 11) is 0. The molecule has 2 aromatic rings. The van der Waals surface area contributed by atoms with Crippen LogP contribution in [0.3, 0.4) is 0 Å². The van der Waals surface area contributed by atoms with E-state index >= 15 is 0 Å². The number of fused-ring (bicyclic) bond motifs is 3. The fraction of sp³-hybridized carbons (Fsp3) is 0.200. The molecule has 1 aliphatic rings. The van der Waals surface area contributed by atoms with Crippen LogP contribution in [0.25, 0.3) is 11.1 Å². The van der Waals surface area contributed by atoms with Crippen LogP contribution >= 0.6 is 12.6 Å². The van der Waals surface area contributed by atoms with Crippen molar-refractivity contribution >= 4 is 12.6 Å². The minimum atomic E-state index is 1.04. The molecule has 2 aromatic carbocycles. The highest BCUT2D eigenvalue weighted by molar-refractivity contribution is 7.80. The van der Waals surface area contributed by atoms with Crippen molar-refractivity contribution in [2.45, 2.75) is 25.2 Å². The van der Waals surface area contributed by atoms with Crippen LogP contribution in [0.1, 0.15) is 25.0 Å². The standard InChI is InChI=1S/C13H10S.C2H6/c14-11-6-5-10-7-9-3-1-2-4-12(9)13(10)8-11;1-2/h1-6,8,14H,7H2;1-2H3. The van der Waals surface area contributed by atoms with Crippen LogP contribution in [0.4, 0.5) is 0 Å². The molecule has 0 unspecified atom stereocenters. The molecule has 0 heterocycles. The Balaban J connectivity index is 0.000000457. The van der Waals surface area contributed by atoms with E-state index in [1.54, 1.807) is 0 Å². The smallest absolute Gasteiger partial charge is 0.00463 e. The molecule has 0 fully saturated rings. The van der Waals surface area contributed by atoms with Crippen LogP contribution in [-0.2, 0) is 6.42 Å². The van der Waals surface area contributed by atoms with Gasteiger partial charge in [0.2, 0.25) is 0 Å². The quantitative estimate of drug-likeness (QED) is 0.535. The van der Waals surface area contributed by atoms with E-state index in [0.29, 0.717) is 0 Å². The average Bonchev–Trinajstić information content (AvgIpc) is 2.70. The molecule has 1 aliphatic carbocycles. The zero-order valence-electron chi connectivity index (χ0n) is 9.70. The SMILES string of the molecule is CC.Sc1ccc2c(c1)-c1ccccc1C2. The highest BCUT2D eigenvalue weighted by Crippen LogP contribution is 2.37.